The maximum absolute atomic E-state index is 12.6. The number of carbonyl (C=O) groups excluding carboxylic acids is 1. The first-order valence-corrected chi connectivity index (χ1v) is 8.52. The molecule has 6 nitrogen and oxygen atoms in total. The lowest BCUT2D eigenvalue weighted by atomic mass is 9.78. The van der Waals surface area contributed by atoms with Crippen molar-refractivity contribution in [3.8, 4) is 11.5 Å². The topological polar surface area (TPSA) is 62.5 Å². The quantitative estimate of drug-likeness (QED) is 0.865. The number of hydrogen-bond acceptors (Lipinski definition) is 5. The minimum absolute atomic E-state index is 0.199. The number of benzene rings is 1. The third-order valence-corrected chi connectivity index (χ3v) is 5.23. The van der Waals surface area contributed by atoms with Gasteiger partial charge in [-0.25, -0.2) is 0 Å². The molecule has 1 aromatic carbocycles. The predicted molar refractivity (Wildman–Crippen MR) is 88.9 cm³/mol. The standard InChI is InChI=1S/C18H22N4O2/c1-21-10-5-8-18(17(21)23)9-11-22(13-18)12-15-19-20-16(24-15)14-6-3-2-4-7-14/h2-4,6-7H,5,8-13H2,1H3. The summed E-state index contributed by atoms with van der Waals surface area (Å²) in [6.45, 7) is 3.19. The summed E-state index contributed by atoms with van der Waals surface area (Å²) in [5, 5.41) is 8.31. The highest BCUT2D eigenvalue weighted by molar-refractivity contribution is 5.83. The van der Waals surface area contributed by atoms with Crippen LogP contribution in [-0.4, -0.2) is 52.6 Å². The number of nitrogens with zero attached hydrogens (tertiary/aromatic N) is 4. The summed E-state index contributed by atoms with van der Waals surface area (Å²) in [7, 11) is 1.91. The van der Waals surface area contributed by atoms with Crippen molar-refractivity contribution in [2.45, 2.75) is 25.8 Å². The van der Waals surface area contributed by atoms with Crippen LogP contribution in [0.3, 0.4) is 0 Å². The van der Waals surface area contributed by atoms with E-state index < -0.39 is 0 Å². The van der Waals surface area contributed by atoms with Crippen LogP contribution < -0.4 is 0 Å². The molecule has 24 heavy (non-hydrogen) atoms. The van der Waals surface area contributed by atoms with Gasteiger partial charge in [0.2, 0.25) is 17.7 Å². The van der Waals surface area contributed by atoms with Crippen LogP contribution in [0.25, 0.3) is 11.5 Å². The lowest BCUT2D eigenvalue weighted by Gasteiger charge is -2.37. The second-order valence-corrected chi connectivity index (χ2v) is 6.94. The summed E-state index contributed by atoms with van der Waals surface area (Å²) in [5.41, 5.74) is 0.730. The van der Waals surface area contributed by atoms with Crippen molar-refractivity contribution in [3.05, 3.63) is 36.2 Å². The molecule has 2 aliphatic rings. The molecule has 6 heteroatoms. The van der Waals surface area contributed by atoms with E-state index in [-0.39, 0.29) is 5.41 Å². The Bertz CT molecular complexity index is 730. The van der Waals surface area contributed by atoms with E-state index in [4.69, 9.17) is 4.42 Å². The van der Waals surface area contributed by atoms with Gasteiger partial charge in [-0.3, -0.25) is 9.69 Å². The van der Waals surface area contributed by atoms with E-state index >= 15 is 0 Å². The first kappa shape index (κ1) is 15.3. The van der Waals surface area contributed by atoms with E-state index in [1.54, 1.807) is 0 Å². The molecule has 4 rings (SSSR count). The van der Waals surface area contributed by atoms with Gasteiger partial charge in [-0.05, 0) is 37.9 Å². The van der Waals surface area contributed by atoms with E-state index in [2.05, 4.69) is 15.1 Å². The average molecular weight is 326 g/mol. The fraction of sp³-hybridized carbons (Fsp3) is 0.500. The van der Waals surface area contributed by atoms with E-state index in [1.165, 1.54) is 0 Å². The van der Waals surface area contributed by atoms with Crippen molar-refractivity contribution in [1.29, 1.82) is 0 Å². The summed E-state index contributed by atoms with van der Waals surface area (Å²) in [6.07, 6.45) is 3.01. The van der Waals surface area contributed by atoms with Gasteiger partial charge in [0.15, 0.2) is 0 Å². The van der Waals surface area contributed by atoms with Crippen LogP contribution in [0, 0.1) is 5.41 Å². The Morgan fingerprint density at radius 3 is 2.83 bits per heavy atom. The van der Waals surface area contributed by atoms with Gasteiger partial charge >= 0.3 is 0 Å². The second-order valence-electron chi connectivity index (χ2n) is 6.94. The van der Waals surface area contributed by atoms with Gasteiger partial charge in [0.25, 0.3) is 0 Å². The molecule has 2 fully saturated rings. The van der Waals surface area contributed by atoms with Crippen molar-refractivity contribution in [2.75, 3.05) is 26.7 Å². The highest BCUT2D eigenvalue weighted by atomic mass is 16.4. The van der Waals surface area contributed by atoms with E-state index in [1.807, 2.05) is 42.3 Å². The van der Waals surface area contributed by atoms with Gasteiger partial charge in [-0.1, -0.05) is 18.2 Å². The molecule has 0 saturated carbocycles. The Morgan fingerprint density at radius 1 is 1.17 bits per heavy atom. The van der Waals surface area contributed by atoms with Crippen LogP contribution >= 0.6 is 0 Å². The van der Waals surface area contributed by atoms with Crippen molar-refractivity contribution in [3.63, 3.8) is 0 Å². The molecule has 0 bridgehead atoms. The number of piperidine rings is 1. The molecule has 1 aromatic heterocycles. The average Bonchev–Trinajstić information content (AvgIpc) is 3.22. The number of amides is 1. The maximum atomic E-state index is 12.6. The Kier molecular flexibility index (Phi) is 3.84. The van der Waals surface area contributed by atoms with Crippen LogP contribution in [0.1, 0.15) is 25.2 Å². The van der Waals surface area contributed by atoms with Gasteiger partial charge in [-0.15, -0.1) is 10.2 Å². The molecule has 2 aromatic rings. The van der Waals surface area contributed by atoms with Crippen molar-refractivity contribution in [2.24, 2.45) is 5.41 Å². The van der Waals surface area contributed by atoms with E-state index in [0.717, 1.165) is 44.5 Å². The van der Waals surface area contributed by atoms with Crippen molar-refractivity contribution < 1.29 is 9.21 Å². The second kappa shape index (κ2) is 6.02. The van der Waals surface area contributed by atoms with Gasteiger partial charge < -0.3 is 9.32 Å². The van der Waals surface area contributed by atoms with Gasteiger partial charge in [0, 0.05) is 25.7 Å². The summed E-state index contributed by atoms with van der Waals surface area (Å²) in [5.74, 6) is 1.46. The zero-order valence-corrected chi connectivity index (χ0v) is 13.9. The van der Waals surface area contributed by atoms with Crippen LogP contribution in [0.4, 0.5) is 0 Å². The largest absolute Gasteiger partial charge is 0.419 e. The lowest BCUT2D eigenvalue weighted by molar-refractivity contribution is -0.144. The van der Waals surface area contributed by atoms with Crippen LogP contribution in [0.5, 0.6) is 0 Å². The molecule has 0 radical (unpaired) electrons. The van der Waals surface area contributed by atoms with Crippen molar-refractivity contribution in [1.82, 2.24) is 20.0 Å². The van der Waals surface area contributed by atoms with Gasteiger partial charge in [0.05, 0.1) is 12.0 Å². The first-order chi connectivity index (χ1) is 11.7. The molecule has 2 saturated heterocycles. The molecule has 3 heterocycles. The summed E-state index contributed by atoms with van der Waals surface area (Å²) in [4.78, 5) is 16.7. The highest BCUT2D eigenvalue weighted by Crippen LogP contribution is 2.40. The molecule has 0 aliphatic carbocycles. The Balaban J connectivity index is 1.44. The van der Waals surface area contributed by atoms with Crippen LogP contribution in [0.15, 0.2) is 34.7 Å². The van der Waals surface area contributed by atoms with Gasteiger partial charge in [0.1, 0.15) is 0 Å². The zero-order chi connectivity index (χ0) is 16.6. The number of carbonyl (C=O) groups is 1. The first-order valence-electron chi connectivity index (χ1n) is 8.52. The smallest absolute Gasteiger partial charge is 0.247 e. The lowest BCUT2D eigenvalue weighted by Crippen LogP contribution is -2.48. The fourth-order valence-electron chi connectivity index (χ4n) is 3.95. The maximum Gasteiger partial charge on any atom is 0.247 e. The molecule has 1 unspecified atom stereocenters. The third kappa shape index (κ3) is 2.71. The fourth-order valence-corrected chi connectivity index (χ4v) is 3.95. The number of aromatic nitrogens is 2. The molecule has 1 amide bonds. The van der Waals surface area contributed by atoms with Crippen molar-refractivity contribution >= 4 is 5.91 Å². The highest BCUT2D eigenvalue weighted by Gasteiger charge is 2.47. The molecule has 1 atom stereocenters. The van der Waals surface area contributed by atoms with E-state index in [0.29, 0.717) is 24.2 Å². The molecule has 2 aliphatic heterocycles. The molecular formula is C18H22N4O2. The normalized spacial score (nSPS) is 24.9. The minimum atomic E-state index is -0.199. The minimum Gasteiger partial charge on any atom is -0.419 e. The number of likely N-dealkylation sites (tertiary alicyclic amines) is 2. The zero-order valence-electron chi connectivity index (χ0n) is 13.9. The SMILES string of the molecule is CN1CCCC2(CCN(Cc3nnc(-c4ccccc4)o3)C2)C1=O. The molecule has 0 N–H and O–H groups in total. The van der Waals surface area contributed by atoms with Gasteiger partial charge in [-0.2, -0.15) is 0 Å². The molecular weight excluding hydrogens is 304 g/mol. The monoisotopic (exact) mass is 326 g/mol. The number of rotatable bonds is 3. The Morgan fingerprint density at radius 2 is 2.00 bits per heavy atom. The summed E-state index contributed by atoms with van der Waals surface area (Å²) < 4.78 is 5.80. The summed E-state index contributed by atoms with van der Waals surface area (Å²) >= 11 is 0. The third-order valence-electron chi connectivity index (χ3n) is 5.23. The molecule has 1 spiro atoms. The van der Waals surface area contributed by atoms with E-state index in [9.17, 15) is 4.79 Å². The Labute approximate surface area is 141 Å². The summed E-state index contributed by atoms with van der Waals surface area (Å²) in [6, 6.07) is 9.78. The Hall–Kier alpha value is -2.21. The molecule has 126 valence electrons. The van der Waals surface area contributed by atoms with Crippen LogP contribution in [0.2, 0.25) is 0 Å². The predicted octanol–water partition coefficient (Wildman–Crippen LogP) is 2.18. The van der Waals surface area contributed by atoms with Crippen LogP contribution in [-0.2, 0) is 11.3 Å². The number of hydrogen-bond donors (Lipinski definition) is 0.